The van der Waals surface area contributed by atoms with E-state index in [0.29, 0.717) is 23.6 Å². The number of nitrogens with one attached hydrogen (secondary N) is 2. The first-order valence-electron chi connectivity index (χ1n) is 12.2. The number of hydrogen-bond donors (Lipinski definition) is 3. The van der Waals surface area contributed by atoms with Crippen molar-refractivity contribution in [3.63, 3.8) is 0 Å². The molecule has 0 bridgehead atoms. The number of rotatable bonds is 11. The number of hydrogen-bond acceptors (Lipinski definition) is 7. The Hall–Kier alpha value is -3.93. The van der Waals surface area contributed by atoms with E-state index < -0.39 is 29.9 Å². The number of amides is 1. The lowest BCUT2D eigenvalue weighted by atomic mass is 10.1. The van der Waals surface area contributed by atoms with Crippen molar-refractivity contribution in [1.82, 2.24) is 9.78 Å². The van der Waals surface area contributed by atoms with Gasteiger partial charge in [0.2, 0.25) is 0 Å². The molecule has 1 atom stereocenters. The van der Waals surface area contributed by atoms with Crippen LogP contribution in [-0.2, 0) is 22.2 Å². The summed E-state index contributed by atoms with van der Waals surface area (Å²) in [5.74, 6) is -0.560. The molecule has 1 heterocycles. The van der Waals surface area contributed by atoms with Gasteiger partial charge in [-0.1, -0.05) is 31.0 Å². The third-order valence-corrected chi connectivity index (χ3v) is 5.80. The molecule has 0 saturated heterocycles. The van der Waals surface area contributed by atoms with Crippen molar-refractivity contribution in [2.45, 2.75) is 51.9 Å². The normalized spacial score (nSPS) is 12.1. The first-order chi connectivity index (χ1) is 18.5. The zero-order valence-electron chi connectivity index (χ0n) is 21.3. The van der Waals surface area contributed by atoms with Gasteiger partial charge in [-0.2, -0.15) is 18.3 Å². The Kier molecular flexibility index (Phi) is 10.0. The Labute approximate surface area is 228 Å². The Balaban J connectivity index is 1.82. The molecular formula is C26H29ClF3N5O4. The molecule has 0 spiro atoms. The number of ether oxygens (including phenoxy) is 2. The number of esters is 1. The summed E-state index contributed by atoms with van der Waals surface area (Å²) < 4.78 is 51.1. The summed E-state index contributed by atoms with van der Waals surface area (Å²) in [6, 6.07) is 10.9. The minimum atomic E-state index is -4.56. The van der Waals surface area contributed by atoms with Crippen LogP contribution in [0.15, 0.2) is 48.5 Å². The van der Waals surface area contributed by atoms with Crippen LogP contribution in [0.25, 0.3) is 0 Å². The van der Waals surface area contributed by atoms with Crippen LogP contribution in [-0.4, -0.2) is 34.6 Å². The van der Waals surface area contributed by atoms with Gasteiger partial charge in [-0.3, -0.25) is 5.32 Å². The van der Waals surface area contributed by atoms with Crippen molar-refractivity contribution in [2.75, 3.05) is 23.0 Å². The van der Waals surface area contributed by atoms with Crippen LogP contribution >= 0.6 is 11.6 Å². The standard InChI is InChI=1S/C26H29ClF3N5O4/c1-3-5-9-20(39-25(37)33-19-8-6-7-16(14-19)26(28,29)30)15-35-22(31)21(24(36)38-4-2)23(34-35)32-18-12-10-17(27)11-13-18/h6-8,10-14,20H,3-5,9,15,31H2,1-2H3,(H,32,34)(H,33,37). The van der Waals surface area contributed by atoms with Gasteiger partial charge >= 0.3 is 18.2 Å². The van der Waals surface area contributed by atoms with E-state index in [9.17, 15) is 22.8 Å². The number of carbonyl (C=O) groups is 2. The number of benzene rings is 2. The predicted octanol–water partition coefficient (Wildman–Crippen LogP) is 6.87. The molecule has 0 aliphatic rings. The van der Waals surface area contributed by atoms with E-state index in [-0.39, 0.29) is 36.0 Å². The lowest BCUT2D eigenvalue weighted by molar-refractivity contribution is -0.137. The van der Waals surface area contributed by atoms with Gasteiger partial charge in [0.05, 0.1) is 18.7 Å². The molecule has 3 rings (SSSR count). The molecule has 0 aliphatic carbocycles. The maximum atomic E-state index is 13.0. The van der Waals surface area contributed by atoms with Crippen molar-refractivity contribution in [3.8, 4) is 0 Å². The van der Waals surface area contributed by atoms with Gasteiger partial charge in [-0.15, -0.1) is 0 Å². The van der Waals surface area contributed by atoms with Crippen LogP contribution in [0.5, 0.6) is 0 Å². The van der Waals surface area contributed by atoms with Crippen LogP contribution in [0.1, 0.15) is 49.0 Å². The highest BCUT2D eigenvalue weighted by atomic mass is 35.5. The Morgan fingerprint density at radius 1 is 1.13 bits per heavy atom. The second-order valence-electron chi connectivity index (χ2n) is 8.52. The molecule has 210 valence electrons. The molecule has 0 radical (unpaired) electrons. The molecule has 0 saturated carbocycles. The maximum Gasteiger partial charge on any atom is 0.416 e. The quantitative estimate of drug-likeness (QED) is 0.216. The summed E-state index contributed by atoms with van der Waals surface area (Å²) in [5, 5.41) is 10.3. The van der Waals surface area contributed by atoms with Crippen LogP contribution in [0.2, 0.25) is 5.02 Å². The minimum Gasteiger partial charge on any atom is -0.462 e. The molecular weight excluding hydrogens is 539 g/mol. The van der Waals surface area contributed by atoms with E-state index in [1.807, 2.05) is 6.92 Å². The smallest absolute Gasteiger partial charge is 0.416 e. The van der Waals surface area contributed by atoms with Gasteiger partial charge in [-0.25, -0.2) is 14.3 Å². The average Bonchev–Trinajstić information content (AvgIpc) is 3.17. The minimum absolute atomic E-state index is 0.00621. The number of anilines is 4. The number of halogens is 4. The first kappa shape index (κ1) is 29.6. The van der Waals surface area contributed by atoms with E-state index in [1.165, 1.54) is 16.8 Å². The third-order valence-electron chi connectivity index (χ3n) is 5.54. The molecule has 3 aromatic rings. The van der Waals surface area contributed by atoms with E-state index in [4.69, 9.17) is 26.8 Å². The topological polar surface area (TPSA) is 120 Å². The number of nitrogen functional groups attached to an aromatic ring is 1. The van der Waals surface area contributed by atoms with Gasteiger partial charge < -0.3 is 20.5 Å². The highest BCUT2D eigenvalue weighted by Crippen LogP contribution is 2.31. The molecule has 1 aromatic heterocycles. The molecule has 39 heavy (non-hydrogen) atoms. The van der Waals surface area contributed by atoms with Gasteiger partial charge in [0.15, 0.2) is 5.82 Å². The number of nitrogens with two attached hydrogens (primary N) is 1. The fraction of sp³-hybridized carbons (Fsp3) is 0.346. The fourth-order valence-corrected chi connectivity index (χ4v) is 3.79. The molecule has 9 nitrogen and oxygen atoms in total. The number of aromatic nitrogens is 2. The van der Waals surface area contributed by atoms with E-state index in [2.05, 4.69) is 15.7 Å². The zero-order chi connectivity index (χ0) is 28.6. The van der Waals surface area contributed by atoms with Crippen molar-refractivity contribution in [2.24, 2.45) is 0 Å². The van der Waals surface area contributed by atoms with Crippen molar-refractivity contribution < 1.29 is 32.2 Å². The summed E-state index contributed by atoms with van der Waals surface area (Å²) in [6.07, 6.45) is -4.36. The third kappa shape index (κ3) is 8.28. The first-order valence-corrected chi connectivity index (χ1v) is 12.6. The van der Waals surface area contributed by atoms with Gasteiger partial charge in [0, 0.05) is 16.4 Å². The number of nitrogens with zero attached hydrogens (tertiary/aromatic N) is 2. The molecule has 0 fully saturated rings. The number of alkyl halides is 3. The SMILES string of the molecule is CCCCC(Cn1nc(Nc2ccc(Cl)cc2)c(C(=O)OCC)c1N)OC(=O)Nc1cccc(C(F)(F)F)c1. The predicted molar refractivity (Wildman–Crippen MR) is 142 cm³/mol. The summed E-state index contributed by atoms with van der Waals surface area (Å²) >= 11 is 5.95. The highest BCUT2D eigenvalue weighted by Gasteiger charge is 2.31. The molecule has 1 amide bonds. The van der Waals surface area contributed by atoms with Gasteiger partial charge in [-0.05, 0) is 62.2 Å². The Bertz CT molecular complexity index is 1280. The molecule has 1 unspecified atom stereocenters. The van der Waals surface area contributed by atoms with Crippen LogP contribution < -0.4 is 16.4 Å². The summed E-state index contributed by atoms with van der Waals surface area (Å²) in [7, 11) is 0. The van der Waals surface area contributed by atoms with Crippen molar-refractivity contribution in [1.29, 1.82) is 0 Å². The van der Waals surface area contributed by atoms with Crippen LogP contribution in [0.4, 0.5) is 41.0 Å². The summed E-state index contributed by atoms with van der Waals surface area (Å²) in [6.45, 7) is 3.70. The molecule has 0 aliphatic heterocycles. The van der Waals surface area contributed by atoms with Crippen LogP contribution in [0, 0.1) is 0 Å². The molecule has 2 aromatic carbocycles. The Morgan fingerprint density at radius 2 is 1.85 bits per heavy atom. The second kappa shape index (κ2) is 13.2. The van der Waals surface area contributed by atoms with Crippen LogP contribution in [0.3, 0.4) is 0 Å². The number of carbonyl (C=O) groups excluding carboxylic acids is 2. The fourth-order valence-electron chi connectivity index (χ4n) is 3.66. The molecule has 4 N–H and O–H groups in total. The largest absolute Gasteiger partial charge is 0.462 e. The zero-order valence-corrected chi connectivity index (χ0v) is 22.1. The second-order valence-corrected chi connectivity index (χ2v) is 8.95. The summed E-state index contributed by atoms with van der Waals surface area (Å²) in [4.78, 5) is 25.3. The monoisotopic (exact) mass is 567 g/mol. The summed E-state index contributed by atoms with van der Waals surface area (Å²) in [5.41, 5.74) is 5.91. The van der Waals surface area contributed by atoms with Crippen molar-refractivity contribution in [3.05, 3.63) is 64.7 Å². The van der Waals surface area contributed by atoms with E-state index >= 15 is 0 Å². The maximum absolute atomic E-state index is 13.0. The lowest BCUT2D eigenvalue weighted by Gasteiger charge is -2.19. The van der Waals surface area contributed by atoms with Crippen molar-refractivity contribution >= 4 is 46.7 Å². The van der Waals surface area contributed by atoms with E-state index in [1.54, 1.807) is 31.2 Å². The lowest BCUT2D eigenvalue weighted by Crippen LogP contribution is -2.27. The highest BCUT2D eigenvalue weighted by molar-refractivity contribution is 6.30. The number of unbranched alkanes of at least 4 members (excludes halogenated alkanes) is 1. The van der Waals surface area contributed by atoms with Gasteiger partial charge in [0.25, 0.3) is 0 Å². The average molecular weight is 568 g/mol. The van der Waals surface area contributed by atoms with Gasteiger partial charge in [0.1, 0.15) is 17.5 Å². The molecule has 13 heteroatoms. The Morgan fingerprint density at radius 3 is 2.49 bits per heavy atom. The van der Waals surface area contributed by atoms with E-state index in [0.717, 1.165) is 18.6 Å².